The highest BCUT2D eigenvalue weighted by Crippen LogP contribution is 2.01. The van der Waals surface area contributed by atoms with Crippen molar-refractivity contribution in [2.45, 2.75) is 26.9 Å². The van der Waals surface area contributed by atoms with Crippen LogP contribution in [0.1, 0.15) is 20.8 Å². The quantitative estimate of drug-likeness (QED) is 0.410. The van der Waals surface area contributed by atoms with Crippen LogP contribution in [0.3, 0.4) is 0 Å². The Balaban J connectivity index is 3.86. The van der Waals surface area contributed by atoms with E-state index in [0.717, 1.165) is 0 Å². The molecule has 5 nitrogen and oxygen atoms in total. The second-order valence-electron chi connectivity index (χ2n) is 3.36. The minimum absolute atomic E-state index is 0.0447. The van der Waals surface area contributed by atoms with Crippen LogP contribution in [0.4, 0.5) is 4.79 Å². The average molecular weight is 228 g/mol. The van der Waals surface area contributed by atoms with Gasteiger partial charge in [0.2, 0.25) is 0 Å². The Bertz CT molecular complexity index is 305. The molecule has 0 aliphatic heterocycles. The lowest BCUT2D eigenvalue weighted by molar-refractivity contribution is -0.142. The molecule has 0 amide bonds. The highest BCUT2D eigenvalue weighted by atomic mass is 16.7. The van der Waals surface area contributed by atoms with Crippen LogP contribution < -0.4 is 0 Å². The van der Waals surface area contributed by atoms with Crippen molar-refractivity contribution in [3.05, 3.63) is 24.5 Å². The Hall–Kier alpha value is -1.78. The zero-order chi connectivity index (χ0) is 12.7. The van der Waals surface area contributed by atoms with E-state index < -0.39 is 18.2 Å². The topological polar surface area (TPSA) is 61.8 Å². The van der Waals surface area contributed by atoms with Crippen molar-refractivity contribution < 1.29 is 23.8 Å². The third-order valence-electron chi connectivity index (χ3n) is 1.35. The van der Waals surface area contributed by atoms with Crippen molar-refractivity contribution in [3.8, 4) is 0 Å². The van der Waals surface area contributed by atoms with Gasteiger partial charge in [-0.3, -0.25) is 0 Å². The number of allylic oxidation sites excluding steroid dienone is 1. The summed E-state index contributed by atoms with van der Waals surface area (Å²) in [5.74, 6) is -0.292. The maximum Gasteiger partial charge on any atom is 0.513 e. The summed E-state index contributed by atoms with van der Waals surface area (Å²) in [5, 5.41) is 0. The molecule has 0 spiro atoms. The molecule has 16 heavy (non-hydrogen) atoms. The molecule has 1 unspecified atom stereocenters. The summed E-state index contributed by atoms with van der Waals surface area (Å²) in [7, 11) is 0. The van der Waals surface area contributed by atoms with Gasteiger partial charge in [0.25, 0.3) is 0 Å². The van der Waals surface area contributed by atoms with Crippen LogP contribution >= 0.6 is 0 Å². The molecule has 0 radical (unpaired) electrons. The van der Waals surface area contributed by atoms with Crippen molar-refractivity contribution in [1.29, 1.82) is 0 Å². The molecule has 0 aromatic carbocycles. The SMILES string of the molecule is C=C(C)OC(=O)OC(C)COC(=O)C(=C)C. The third-order valence-corrected chi connectivity index (χ3v) is 1.35. The van der Waals surface area contributed by atoms with Gasteiger partial charge in [0.05, 0.1) is 0 Å². The maximum atomic E-state index is 11.0. The van der Waals surface area contributed by atoms with Crippen LogP contribution in [0.25, 0.3) is 0 Å². The molecule has 0 heterocycles. The van der Waals surface area contributed by atoms with Crippen LogP contribution in [0, 0.1) is 0 Å². The highest BCUT2D eigenvalue weighted by Gasteiger charge is 2.13. The van der Waals surface area contributed by atoms with Gasteiger partial charge in [-0.15, -0.1) is 0 Å². The standard InChI is InChI=1S/C11H16O5/c1-7(2)10(12)14-6-9(5)16-11(13)15-8(3)4/h9H,1,3,6H2,2,4-5H3. The third kappa shape index (κ3) is 6.64. The number of esters is 1. The van der Waals surface area contributed by atoms with E-state index in [9.17, 15) is 9.59 Å². The molecule has 5 heteroatoms. The van der Waals surface area contributed by atoms with Crippen molar-refractivity contribution in [3.63, 3.8) is 0 Å². The molecule has 0 N–H and O–H groups in total. The van der Waals surface area contributed by atoms with Crippen molar-refractivity contribution in [2.24, 2.45) is 0 Å². The number of ether oxygens (including phenoxy) is 3. The Labute approximate surface area is 94.7 Å². The summed E-state index contributed by atoms with van der Waals surface area (Å²) in [6.45, 7) is 11.4. The second kappa shape index (κ2) is 6.66. The first kappa shape index (κ1) is 14.2. The number of carbonyl (C=O) groups excluding carboxylic acids is 2. The monoisotopic (exact) mass is 228 g/mol. The van der Waals surface area contributed by atoms with Crippen molar-refractivity contribution in [1.82, 2.24) is 0 Å². The number of rotatable bonds is 5. The summed E-state index contributed by atoms with van der Waals surface area (Å²) in [6, 6.07) is 0. The summed E-state index contributed by atoms with van der Waals surface area (Å²) >= 11 is 0. The van der Waals surface area contributed by atoms with Crippen molar-refractivity contribution >= 4 is 12.1 Å². The van der Waals surface area contributed by atoms with Gasteiger partial charge in [0, 0.05) is 5.57 Å². The number of carbonyl (C=O) groups is 2. The van der Waals surface area contributed by atoms with E-state index in [4.69, 9.17) is 9.47 Å². The minimum atomic E-state index is -0.869. The molecular formula is C11H16O5. The lowest BCUT2D eigenvalue weighted by Gasteiger charge is -2.13. The largest absolute Gasteiger partial charge is 0.513 e. The fourth-order valence-corrected chi connectivity index (χ4v) is 0.681. The predicted molar refractivity (Wildman–Crippen MR) is 57.6 cm³/mol. The summed E-state index contributed by atoms with van der Waals surface area (Å²) in [4.78, 5) is 22.0. The fourth-order valence-electron chi connectivity index (χ4n) is 0.681. The Morgan fingerprint density at radius 2 is 1.81 bits per heavy atom. The van der Waals surface area contributed by atoms with E-state index in [1.165, 1.54) is 13.8 Å². The Kier molecular flexibility index (Phi) is 5.92. The van der Waals surface area contributed by atoms with Gasteiger partial charge < -0.3 is 14.2 Å². The van der Waals surface area contributed by atoms with Gasteiger partial charge in [-0.2, -0.15) is 0 Å². The van der Waals surface area contributed by atoms with E-state index in [1.54, 1.807) is 6.92 Å². The zero-order valence-corrected chi connectivity index (χ0v) is 9.74. The van der Waals surface area contributed by atoms with Crippen LogP contribution in [0.15, 0.2) is 24.5 Å². The van der Waals surface area contributed by atoms with Gasteiger partial charge in [-0.05, 0) is 20.8 Å². The normalized spacial score (nSPS) is 11.2. The highest BCUT2D eigenvalue weighted by molar-refractivity contribution is 5.86. The van der Waals surface area contributed by atoms with E-state index in [2.05, 4.69) is 17.9 Å². The average Bonchev–Trinajstić information content (AvgIpc) is 2.12. The molecule has 0 aromatic heterocycles. The molecule has 90 valence electrons. The maximum absolute atomic E-state index is 11.0. The fraction of sp³-hybridized carbons (Fsp3) is 0.455. The van der Waals surface area contributed by atoms with E-state index >= 15 is 0 Å². The van der Waals surface area contributed by atoms with Crippen LogP contribution in [0.2, 0.25) is 0 Å². The molecule has 0 aromatic rings. The van der Waals surface area contributed by atoms with Gasteiger partial charge in [0.15, 0.2) is 0 Å². The number of hydrogen-bond acceptors (Lipinski definition) is 5. The molecule has 0 aliphatic rings. The van der Waals surface area contributed by atoms with Crippen LogP contribution in [-0.2, 0) is 19.0 Å². The molecular weight excluding hydrogens is 212 g/mol. The molecule has 0 aliphatic carbocycles. The summed E-state index contributed by atoms with van der Waals surface area (Å²) in [5.41, 5.74) is 0.289. The van der Waals surface area contributed by atoms with E-state index in [0.29, 0.717) is 0 Å². The summed E-state index contributed by atoms with van der Waals surface area (Å²) < 4.78 is 14.1. The zero-order valence-electron chi connectivity index (χ0n) is 9.74. The minimum Gasteiger partial charge on any atom is -0.458 e. The van der Waals surface area contributed by atoms with Crippen LogP contribution in [-0.4, -0.2) is 24.8 Å². The first-order valence-corrected chi connectivity index (χ1v) is 4.69. The molecule has 1 atom stereocenters. The summed E-state index contributed by atoms with van der Waals surface area (Å²) in [6.07, 6.45) is -1.46. The lowest BCUT2D eigenvalue weighted by atomic mass is 10.3. The first-order chi connectivity index (χ1) is 7.32. The first-order valence-electron chi connectivity index (χ1n) is 4.69. The smallest absolute Gasteiger partial charge is 0.458 e. The number of hydrogen-bond donors (Lipinski definition) is 0. The van der Waals surface area contributed by atoms with Gasteiger partial charge >= 0.3 is 12.1 Å². The second-order valence-corrected chi connectivity index (χ2v) is 3.36. The Morgan fingerprint density at radius 3 is 2.25 bits per heavy atom. The predicted octanol–water partition coefficient (Wildman–Crippen LogP) is 2.18. The molecule has 0 saturated heterocycles. The lowest BCUT2D eigenvalue weighted by Crippen LogP contribution is -2.22. The van der Waals surface area contributed by atoms with E-state index in [-0.39, 0.29) is 17.9 Å². The molecule has 0 rings (SSSR count). The van der Waals surface area contributed by atoms with Crippen LogP contribution in [0.5, 0.6) is 0 Å². The Morgan fingerprint density at radius 1 is 1.25 bits per heavy atom. The van der Waals surface area contributed by atoms with Crippen molar-refractivity contribution in [2.75, 3.05) is 6.61 Å². The molecule has 0 saturated carbocycles. The van der Waals surface area contributed by atoms with Gasteiger partial charge in [-0.1, -0.05) is 13.2 Å². The van der Waals surface area contributed by atoms with E-state index in [1.807, 2.05) is 0 Å². The molecule has 0 fully saturated rings. The van der Waals surface area contributed by atoms with Gasteiger partial charge in [0.1, 0.15) is 18.5 Å². The molecule has 0 bridgehead atoms. The van der Waals surface area contributed by atoms with Gasteiger partial charge in [-0.25, -0.2) is 9.59 Å².